The van der Waals surface area contributed by atoms with Crippen LogP contribution in [0.25, 0.3) is 0 Å². The Morgan fingerprint density at radius 1 is 1.40 bits per heavy atom. The van der Waals surface area contributed by atoms with Crippen molar-refractivity contribution in [2.24, 2.45) is 7.05 Å². The number of rotatable bonds is 5. The SMILES string of the molecule is CCc1nn(C)c(CNC(C)c2sc(C)nc2C)c1Cl. The first-order valence-electron chi connectivity index (χ1n) is 6.81. The Morgan fingerprint density at radius 3 is 2.60 bits per heavy atom. The van der Waals surface area contributed by atoms with Crippen LogP contribution < -0.4 is 5.32 Å². The molecular weight excluding hydrogens is 292 g/mol. The van der Waals surface area contributed by atoms with Gasteiger partial charge in [-0.25, -0.2) is 4.98 Å². The number of nitrogens with zero attached hydrogens (tertiary/aromatic N) is 3. The standard InChI is InChI=1S/C14H21ClN4S/c1-6-11-13(15)12(19(5)18-11)7-16-8(2)14-9(3)17-10(4)20-14/h8,16H,6-7H2,1-5H3. The molecule has 2 aromatic heterocycles. The second-order valence-electron chi connectivity index (χ2n) is 4.97. The molecule has 0 spiro atoms. The van der Waals surface area contributed by atoms with E-state index in [2.05, 4.69) is 36.2 Å². The summed E-state index contributed by atoms with van der Waals surface area (Å²) in [5, 5.41) is 9.84. The highest BCUT2D eigenvalue weighted by Crippen LogP contribution is 2.26. The van der Waals surface area contributed by atoms with Gasteiger partial charge >= 0.3 is 0 Å². The molecule has 0 saturated heterocycles. The summed E-state index contributed by atoms with van der Waals surface area (Å²) in [5.74, 6) is 0. The average Bonchev–Trinajstić information content (AvgIpc) is 2.87. The first-order valence-corrected chi connectivity index (χ1v) is 8.01. The molecule has 1 atom stereocenters. The van der Waals surface area contributed by atoms with Crippen molar-refractivity contribution in [2.75, 3.05) is 0 Å². The van der Waals surface area contributed by atoms with Crippen molar-refractivity contribution in [3.05, 3.63) is 32.0 Å². The van der Waals surface area contributed by atoms with E-state index in [1.54, 1.807) is 11.3 Å². The second-order valence-corrected chi connectivity index (χ2v) is 6.58. The minimum atomic E-state index is 0.261. The number of hydrogen-bond donors (Lipinski definition) is 1. The van der Waals surface area contributed by atoms with Crippen LogP contribution in [-0.4, -0.2) is 14.8 Å². The van der Waals surface area contributed by atoms with Gasteiger partial charge < -0.3 is 5.32 Å². The van der Waals surface area contributed by atoms with Crippen LogP contribution in [0.3, 0.4) is 0 Å². The summed E-state index contributed by atoms with van der Waals surface area (Å²) < 4.78 is 1.87. The summed E-state index contributed by atoms with van der Waals surface area (Å²) in [6.45, 7) is 9.03. The molecule has 2 aromatic rings. The molecule has 2 rings (SSSR count). The van der Waals surface area contributed by atoms with E-state index in [0.717, 1.165) is 33.5 Å². The van der Waals surface area contributed by atoms with E-state index in [-0.39, 0.29) is 6.04 Å². The van der Waals surface area contributed by atoms with Gasteiger partial charge in [-0.15, -0.1) is 11.3 Å². The van der Waals surface area contributed by atoms with E-state index in [1.165, 1.54) is 4.88 Å². The minimum absolute atomic E-state index is 0.261. The average molecular weight is 313 g/mol. The lowest BCUT2D eigenvalue weighted by molar-refractivity contribution is 0.551. The maximum Gasteiger partial charge on any atom is 0.0900 e. The predicted molar refractivity (Wildman–Crippen MR) is 84.4 cm³/mol. The molecule has 6 heteroatoms. The molecule has 0 amide bonds. The van der Waals surface area contributed by atoms with Gasteiger partial charge in [-0.1, -0.05) is 18.5 Å². The summed E-state index contributed by atoms with van der Waals surface area (Å²) in [4.78, 5) is 5.76. The molecule has 0 aliphatic rings. The molecule has 1 unspecified atom stereocenters. The smallest absolute Gasteiger partial charge is 0.0900 e. The quantitative estimate of drug-likeness (QED) is 0.918. The normalized spacial score (nSPS) is 12.9. The third-order valence-electron chi connectivity index (χ3n) is 3.41. The first-order chi connectivity index (χ1) is 9.43. The highest BCUT2D eigenvalue weighted by atomic mass is 35.5. The van der Waals surface area contributed by atoms with Crippen LogP contribution in [0.15, 0.2) is 0 Å². The van der Waals surface area contributed by atoms with Gasteiger partial charge in [-0.2, -0.15) is 5.10 Å². The van der Waals surface area contributed by atoms with Crippen molar-refractivity contribution in [1.82, 2.24) is 20.1 Å². The van der Waals surface area contributed by atoms with Gasteiger partial charge in [0.05, 0.1) is 27.1 Å². The van der Waals surface area contributed by atoms with Crippen LogP contribution in [0, 0.1) is 13.8 Å². The first kappa shape index (κ1) is 15.5. The lowest BCUT2D eigenvalue weighted by atomic mass is 10.2. The summed E-state index contributed by atoms with van der Waals surface area (Å²) in [6.07, 6.45) is 0.857. The van der Waals surface area contributed by atoms with E-state index in [9.17, 15) is 0 Å². The van der Waals surface area contributed by atoms with E-state index >= 15 is 0 Å². The number of nitrogens with one attached hydrogen (secondary N) is 1. The summed E-state index contributed by atoms with van der Waals surface area (Å²) in [7, 11) is 1.94. The van der Waals surface area contributed by atoms with Gasteiger partial charge in [0, 0.05) is 24.5 Å². The Balaban J connectivity index is 2.09. The zero-order chi connectivity index (χ0) is 14.9. The Bertz CT molecular complexity index is 603. The number of halogens is 1. The lowest BCUT2D eigenvalue weighted by Crippen LogP contribution is -2.19. The fourth-order valence-corrected chi connectivity index (χ4v) is 3.62. The molecule has 1 N–H and O–H groups in total. The van der Waals surface area contributed by atoms with Crippen LogP contribution in [-0.2, 0) is 20.0 Å². The van der Waals surface area contributed by atoms with Crippen molar-refractivity contribution in [2.45, 2.75) is 46.7 Å². The third-order valence-corrected chi connectivity index (χ3v) is 5.10. The molecule has 4 nitrogen and oxygen atoms in total. The maximum absolute atomic E-state index is 6.36. The van der Waals surface area contributed by atoms with Gasteiger partial charge in [0.1, 0.15) is 0 Å². The molecule has 110 valence electrons. The van der Waals surface area contributed by atoms with Crippen molar-refractivity contribution in [3.8, 4) is 0 Å². The molecule has 0 aliphatic heterocycles. The fraction of sp³-hybridized carbons (Fsp3) is 0.571. The Hall–Kier alpha value is -0.910. The van der Waals surface area contributed by atoms with E-state index in [0.29, 0.717) is 6.54 Å². The maximum atomic E-state index is 6.36. The fourth-order valence-electron chi connectivity index (χ4n) is 2.30. The Labute approximate surface area is 129 Å². The summed E-state index contributed by atoms with van der Waals surface area (Å²) in [5.41, 5.74) is 3.11. The lowest BCUT2D eigenvalue weighted by Gasteiger charge is -2.13. The Kier molecular flexibility index (Phi) is 4.83. The highest BCUT2D eigenvalue weighted by molar-refractivity contribution is 7.11. The molecular formula is C14H21ClN4S. The van der Waals surface area contributed by atoms with Crippen LogP contribution in [0.5, 0.6) is 0 Å². The largest absolute Gasteiger partial charge is 0.304 e. The van der Waals surface area contributed by atoms with Gasteiger partial charge in [-0.3, -0.25) is 4.68 Å². The molecule has 2 heterocycles. The number of thiazole rings is 1. The minimum Gasteiger partial charge on any atom is -0.304 e. The molecule has 20 heavy (non-hydrogen) atoms. The molecule has 0 fully saturated rings. The monoisotopic (exact) mass is 312 g/mol. The van der Waals surface area contributed by atoms with Crippen LogP contribution in [0.2, 0.25) is 5.02 Å². The topological polar surface area (TPSA) is 42.7 Å². The molecule has 0 aliphatic carbocycles. The van der Waals surface area contributed by atoms with Gasteiger partial charge in [0.25, 0.3) is 0 Å². The van der Waals surface area contributed by atoms with Crippen molar-refractivity contribution in [1.29, 1.82) is 0 Å². The van der Waals surface area contributed by atoms with Crippen molar-refractivity contribution < 1.29 is 0 Å². The van der Waals surface area contributed by atoms with E-state index < -0.39 is 0 Å². The second kappa shape index (κ2) is 6.24. The molecule has 0 radical (unpaired) electrons. The van der Waals surface area contributed by atoms with Gasteiger partial charge in [0.15, 0.2) is 0 Å². The Morgan fingerprint density at radius 2 is 2.10 bits per heavy atom. The van der Waals surface area contributed by atoms with Crippen LogP contribution in [0.4, 0.5) is 0 Å². The van der Waals surface area contributed by atoms with E-state index in [4.69, 9.17) is 11.6 Å². The summed E-state index contributed by atoms with van der Waals surface area (Å²) >= 11 is 8.11. The zero-order valence-electron chi connectivity index (χ0n) is 12.6. The zero-order valence-corrected chi connectivity index (χ0v) is 14.2. The predicted octanol–water partition coefficient (Wildman–Crippen LogP) is 3.56. The highest BCUT2D eigenvalue weighted by Gasteiger charge is 2.16. The van der Waals surface area contributed by atoms with E-state index in [1.807, 2.05) is 18.7 Å². The van der Waals surface area contributed by atoms with Crippen LogP contribution in [0.1, 0.15) is 46.9 Å². The molecule has 0 bridgehead atoms. The van der Waals surface area contributed by atoms with Gasteiger partial charge in [0.2, 0.25) is 0 Å². The number of aromatic nitrogens is 3. The van der Waals surface area contributed by atoms with Crippen molar-refractivity contribution in [3.63, 3.8) is 0 Å². The number of hydrogen-bond acceptors (Lipinski definition) is 4. The molecule has 0 saturated carbocycles. The number of aryl methyl sites for hydroxylation is 4. The molecule has 0 aromatic carbocycles. The van der Waals surface area contributed by atoms with Gasteiger partial charge in [-0.05, 0) is 27.2 Å². The van der Waals surface area contributed by atoms with Crippen LogP contribution >= 0.6 is 22.9 Å². The van der Waals surface area contributed by atoms with Crippen molar-refractivity contribution >= 4 is 22.9 Å². The summed E-state index contributed by atoms with van der Waals surface area (Å²) in [6, 6.07) is 0.261. The third kappa shape index (κ3) is 3.05.